The first-order valence-electron chi connectivity index (χ1n) is 14.9. The van der Waals surface area contributed by atoms with Crippen LogP contribution in [0.4, 0.5) is 10.7 Å². The number of methoxy groups -OCH3 is 1. The first-order chi connectivity index (χ1) is 22.8. The number of pyridine rings is 2. The smallest absolute Gasteiger partial charge is 0.413 e. The summed E-state index contributed by atoms with van der Waals surface area (Å²) >= 11 is 1.67. The van der Waals surface area contributed by atoms with Crippen LogP contribution in [0.15, 0.2) is 99.5 Å². The first kappa shape index (κ1) is 30.2. The summed E-state index contributed by atoms with van der Waals surface area (Å²) in [5, 5.41) is 14.4. The number of para-hydroxylation sites is 1. The Bertz CT molecular complexity index is 2250. The number of hydrogen-bond acceptors (Lipinski definition) is 9. The molecule has 0 saturated carbocycles. The molecule has 47 heavy (non-hydrogen) atoms. The predicted octanol–water partition coefficient (Wildman–Crippen LogP) is 5.97. The molecule has 3 N–H and O–H groups in total. The molecule has 0 radical (unpaired) electrons. The lowest BCUT2D eigenvalue weighted by atomic mass is 9.86. The maximum absolute atomic E-state index is 13.0. The summed E-state index contributed by atoms with van der Waals surface area (Å²) in [5.41, 5.74) is 3.47. The standard InChI is InChI=1S/C20H16N2O4.C15H13N3O2S/c1-2-20(25)14-8-16-17-12(7-11-5-3-4-6-15(11)21-17)9-22(16)18(23)13(14)10-26-19(20)24;1-20-15(19)18-14-16-12-8-7-11(9-13(12)17-14)21-10-5-3-2-4-6-10/h3-8,25H,2,9-10H2,1H3;2-9H,1H3,(H2,16,17,18,19). The highest BCUT2D eigenvalue weighted by atomic mass is 32.2. The van der Waals surface area contributed by atoms with Crippen LogP contribution in [0.1, 0.15) is 30.0 Å². The van der Waals surface area contributed by atoms with Crippen LogP contribution in [0.3, 0.4) is 0 Å². The van der Waals surface area contributed by atoms with Crippen molar-refractivity contribution in [2.75, 3.05) is 12.4 Å². The number of nitrogens with zero attached hydrogens (tertiary/aromatic N) is 3. The molecule has 3 aromatic heterocycles. The van der Waals surface area contributed by atoms with Gasteiger partial charge in [0.15, 0.2) is 5.60 Å². The molecular weight excluding hydrogens is 618 g/mol. The summed E-state index contributed by atoms with van der Waals surface area (Å²) in [6.45, 7) is 2.01. The van der Waals surface area contributed by atoms with Gasteiger partial charge in [-0.05, 0) is 55.0 Å². The van der Waals surface area contributed by atoms with Gasteiger partial charge in [-0.25, -0.2) is 19.6 Å². The number of fused-ring (bicyclic) bond motifs is 6. The van der Waals surface area contributed by atoms with Crippen molar-refractivity contribution >= 4 is 51.7 Å². The summed E-state index contributed by atoms with van der Waals surface area (Å²) in [5.74, 6) is -0.333. The molecule has 8 rings (SSSR count). The van der Waals surface area contributed by atoms with Crippen molar-refractivity contribution in [3.8, 4) is 11.4 Å². The molecule has 2 aliphatic rings. The molecule has 2 aliphatic heterocycles. The van der Waals surface area contributed by atoms with E-state index in [1.807, 2.05) is 66.7 Å². The number of rotatable bonds is 4. The van der Waals surface area contributed by atoms with Gasteiger partial charge in [-0.15, -0.1) is 0 Å². The molecular formula is C35H29N5O6S. The van der Waals surface area contributed by atoms with E-state index < -0.39 is 17.7 Å². The molecule has 5 heterocycles. The van der Waals surface area contributed by atoms with Crippen molar-refractivity contribution in [2.24, 2.45) is 0 Å². The van der Waals surface area contributed by atoms with Gasteiger partial charge in [-0.1, -0.05) is 55.1 Å². The molecule has 11 nitrogen and oxygen atoms in total. The third kappa shape index (κ3) is 5.51. The van der Waals surface area contributed by atoms with E-state index in [0.29, 0.717) is 29.3 Å². The Labute approximate surface area is 272 Å². The van der Waals surface area contributed by atoms with E-state index >= 15 is 0 Å². The molecule has 236 valence electrons. The fraction of sp³-hybridized carbons (Fsp3) is 0.171. The molecule has 0 spiro atoms. The van der Waals surface area contributed by atoms with Crippen molar-refractivity contribution in [3.05, 3.63) is 112 Å². The summed E-state index contributed by atoms with van der Waals surface area (Å²) < 4.78 is 11.3. The average molecular weight is 648 g/mol. The Morgan fingerprint density at radius 3 is 2.60 bits per heavy atom. The second-order valence-corrected chi connectivity index (χ2v) is 12.2. The van der Waals surface area contributed by atoms with Crippen LogP contribution in [0.5, 0.6) is 0 Å². The van der Waals surface area contributed by atoms with Gasteiger partial charge in [0, 0.05) is 26.3 Å². The maximum Gasteiger partial charge on any atom is 0.413 e. The Hall–Kier alpha value is -5.46. The van der Waals surface area contributed by atoms with E-state index in [0.717, 1.165) is 38.1 Å². The number of carbonyl (C=O) groups is 2. The van der Waals surface area contributed by atoms with E-state index in [2.05, 4.69) is 32.2 Å². The van der Waals surface area contributed by atoms with Crippen LogP contribution >= 0.6 is 11.8 Å². The summed E-state index contributed by atoms with van der Waals surface area (Å²) in [6.07, 6.45) is -0.410. The molecule has 12 heteroatoms. The average Bonchev–Trinajstić information content (AvgIpc) is 3.66. The van der Waals surface area contributed by atoms with Crippen molar-refractivity contribution in [1.82, 2.24) is 19.5 Å². The van der Waals surface area contributed by atoms with Gasteiger partial charge in [0.1, 0.15) is 6.61 Å². The first-order valence-corrected chi connectivity index (χ1v) is 15.7. The fourth-order valence-corrected chi connectivity index (χ4v) is 6.69. The number of H-pyrrole nitrogens is 1. The number of nitrogens with one attached hydrogen (secondary N) is 2. The Morgan fingerprint density at radius 1 is 1.02 bits per heavy atom. The summed E-state index contributed by atoms with van der Waals surface area (Å²) in [6, 6.07) is 27.6. The Balaban J connectivity index is 0.000000153. The minimum atomic E-state index is -1.79. The topological polar surface area (TPSA) is 148 Å². The summed E-state index contributed by atoms with van der Waals surface area (Å²) in [7, 11) is 1.31. The van der Waals surface area contributed by atoms with Gasteiger partial charge in [-0.3, -0.25) is 10.1 Å². The van der Waals surface area contributed by atoms with Crippen molar-refractivity contribution in [3.63, 3.8) is 0 Å². The minimum absolute atomic E-state index is 0.110. The van der Waals surface area contributed by atoms with Crippen molar-refractivity contribution in [1.29, 1.82) is 0 Å². The molecule has 3 aromatic carbocycles. The lowest BCUT2D eigenvalue weighted by Gasteiger charge is -2.31. The van der Waals surface area contributed by atoms with E-state index in [9.17, 15) is 19.5 Å². The van der Waals surface area contributed by atoms with Gasteiger partial charge in [-0.2, -0.15) is 0 Å². The lowest BCUT2D eigenvalue weighted by molar-refractivity contribution is -0.172. The fourth-order valence-electron chi connectivity index (χ4n) is 5.81. The van der Waals surface area contributed by atoms with Gasteiger partial charge in [0.25, 0.3) is 5.56 Å². The number of aromatic amines is 1. The maximum atomic E-state index is 13.0. The van der Waals surface area contributed by atoms with Crippen LogP contribution < -0.4 is 10.9 Å². The third-order valence-electron chi connectivity index (χ3n) is 8.25. The van der Waals surface area contributed by atoms with Gasteiger partial charge in [0.2, 0.25) is 5.95 Å². The second-order valence-electron chi connectivity index (χ2n) is 11.1. The van der Waals surface area contributed by atoms with Crippen LogP contribution in [0.2, 0.25) is 0 Å². The molecule has 1 amide bonds. The number of hydrogen-bond donors (Lipinski definition) is 3. The zero-order chi connectivity index (χ0) is 32.7. The highest BCUT2D eigenvalue weighted by Crippen LogP contribution is 2.38. The van der Waals surface area contributed by atoms with Gasteiger partial charge < -0.3 is 24.1 Å². The number of carbonyl (C=O) groups excluding carboxylic acids is 2. The zero-order valence-corrected chi connectivity index (χ0v) is 26.3. The number of aromatic nitrogens is 4. The SMILES string of the molecule is CCC1(O)C(=O)OCc2c1cc1n(c2=O)Cc2cc3ccccc3nc2-1.COC(=O)Nc1nc2ccc(Sc3ccccc3)cc2[nH]1. The number of ether oxygens (including phenoxy) is 2. The van der Waals surface area contributed by atoms with Crippen LogP contribution in [-0.2, 0) is 33.0 Å². The van der Waals surface area contributed by atoms with Crippen LogP contribution in [0, 0.1) is 0 Å². The quantitative estimate of drug-likeness (QED) is 0.197. The van der Waals surface area contributed by atoms with E-state index in [1.54, 1.807) is 29.3 Å². The van der Waals surface area contributed by atoms with E-state index in [1.165, 1.54) is 12.0 Å². The van der Waals surface area contributed by atoms with E-state index in [-0.39, 0.29) is 18.6 Å². The van der Waals surface area contributed by atoms with Gasteiger partial charge in [0.05, 0.1) is 47.2 Å². The van der Waals surface area contributed by atoms with Crippen molar-refractivity contribution in [2.45, 2.75) is 41.9 Å². The summed E-state index contributed by atoms with van der Waals surface area (Å²) in [4.78, 5) is 50.6. The number of aliphatic hydroxyl groups is 1. The van der Waals surface area contributed by atoms with E-state index in [4.69, 9.17) is 9.72 Å². The monoisotopic (exact) mass is 647 g/mol. The van der Waals surface area contributed by atoms with Gasteiger partial charge >= 0.3 is 12.1 Å². The minimum Gasteiger partial charge on any atom is -0.458 e. The zero-order valence-electron chi connectivity index (χ0n) is 25.4. The molecule has 1 atom stereocenters. The van der Waals surface area contributed by atoms with Crippen LogP contribution in [0.25, 0.3) is 33.3 Å². The third-order valence-corrected chi connectivity index (χ3v) is 9.25. The number of anilines is 1. The Morgan fingerprint density at radius 2 is 1.81 bits per heavy atom. The normalized spacial score (nSPS) is 16.0. The molecule has 1 unspecified atom stereocenters. The number of esters is 1. The van der Waals surface area contributed by atoms with Crippen molar-refractivity contribution < 1.29 is 24.2 Å². The Kier molecular flexibility index (Phi) is 7.74. The second kappa shape index (κ2) is 12.0. The van der Waals surface area contributed by atoms with Crippen LogP contribution in [-0.4, -0.2) is 43.8 Å². The number of imidazole rings is 1. The molecule has 0 saturated heterocycles. The number of amides is 1. The molecule has 6 aromatic rings. The predicted molar refractivity (Wildman–Crippen MR) is 177 cm³/mol. The molecule has 0 aliphatic carbocycles. The number of benzene rings is 3. The molecule has 0 bridgehead atoms. The molecule has 0 fully saturated rings. The number of cyclic esters (lactones) is 1. The largest absolute Gasteiger partial charge is 0.458 e. The lowest BCUT2D eigenvalue weighted by Crippen LogP contribution is -2.44. The highest BCUT2D eigenvalue weighted by Gasteiger charge is 2.45. The highest BCUT2D eigenvalue weighted by molar-refractivity contribution is 7.99.